The monoisotopic (exact) mass is 401 g/mol. The predicted octanol–water partition coefficient (Wildman–Crippen LogP) is 2.07. The smallest absolute Gasteiger partial charge is 0.210 e. The van der Waals surface area contributed by atoms with E-state index in [1.165, 1.54) is 10.6 Å². The van der Waals surface area contributed by atoms with E-state index in [0.717, 1.165) is 42.8 Å². The molecule has 0 unspecified atom stereocenters. The molecule has 7 nitrogen and oxygen atoms in total. The summed E-state index contributed by atoms with van der Waals surface area (Å²) in [5.41, 5.74) is 1.19. The molecule has 3 aromatic rings. The van der Waals surface area contributed by atoms with E-state index in [1.807, 2.05) is 35.0 Å². The molecule has 1 saturated heterocycles. The maximum Gasteiger partial charge on any atom is 0.210 e. The van der Waals surface area contributed by atoms with Crippen LogP contribution in [0.1, 0.15) is 31.5 Å². The molecule has 28 heavy (non-hydrogen) atoms. The highest BCUT2D eigenvalue weighted by molar-refractivity contribution is 6.30. The summed E-state index contributed by atoms with van der Waals surface area (Å²) in [4.78, 5) is 3.92. The molecular formula is C20H26ClN6O+. The number of quaternary nitrogens is 1. The topological polar surface area (TPSA) is 64.4 Å². The fourth-order valence-corrected chi connectivity index (χ4v) is 4.27. The summed E-state index contributed by atoms with van der Waals surface area (Å²) >= 11 is 6.16. The van der Waals surface area contributed by atoms with Crippen molar-refractivity contribution < 1.29 is 9.32 Å². The number of halogens is 1. The maximum absolute atomic E-state index is 6.16. The minimum absolute atomic E-state index is 0.242. The third-order valence-corrected chi connectivity index (χ3v) is 5.64. The molecule has 0 amide bonds. The molecule has 0 aliphatic carbocycles. The van der Waals surface area contributed by atoms with Crippen LogP contribution in [0.3, 0.4) is 0 Å². The van der Waals surface area contributed by atoms with E-state index in [2.05, 4.69) is 40.3 Å². The standard InChI is InChI=1S/C20H25ClN6O/c1-15(2)19(20-22-23-24-27(20)14-18-7-4-12-28-18)26-10-8-25(9-11-26)17-6-3-5-16(21)13-17/h3-7,12-13,15,19H,8-11,14H2,1-2H3/p+1/t19-/m0/s1. The van der Waals surface area contributed by atoms with E-state index in [1.54, 1.807) is 6.26 Å². The van der Waals surface area contributed by atoms with Gasteiger partial charge in [-0.3, -0.25) is 0 Å². The number of piperazine rings is 1. The zero-order chi connectivity index (χ0) is 19.5. The van der Waals surface area contributed by atoms with Crippen LogP contribution < -0.4 is 9.80 Å². The van der Waals surface area contributed by atoms with Gasteiger partial charge >= 0.3 is 0 Å². The van der Waals surface area contributed by atoms with Gasteiger partial charge in [-0.2, -0.15) is 0 Å². The quantitative estimate of drug-likeness (QED) is 0.685. The lowest BCUT2D eigenvalue weighted by Gasteiger charge is -2.38. The number of nitrogens with one attached hydrogen (secondary N) is 1. The number of nitrogens with zero attached hydrogens (tertiary/aromatic N) is 5. The Kier molecular flexibility index (Phi) is 5.64. The molecule has 1 N–H and O–H groups in total. The lowest BCUT2D eigenvalue weighted by Crippen LogP contribution is -3.15. The number of anilines is 1. The van der Waals surface area contributed by atoms with Crippen molar-refractivity contribution in [1.29, 1.82) is 0 Å². The molecule has 148 valence electrons. The van der Waals surface area contributed by atoms with Gasteiger partial charge in [-0.1, -0.05) is 31.5 Å². The highest BCUT2D eigenvalue weighted by Gasteiger charge is 2.35. The highest BCUT2D eigenvalue weighted by atomic mass is 35.5. The zero-order valence-corrected chi connectivity index (χ0v) is 17.0. The number of tetrazole rings is 1. The molecule has 0 saturated carbocycles. The van der Waals surface area contributed by atoms with E-state index < -0.39 is 0 Å². The molecule has 1 aliphatic heterocycles. The second kappa shape index (κ2) is 8.32. The Morgan fingerprint density at radius 1 is 1.18 bits per heavy atom. The maximum atomic E-state index is 6.16. The largest absolute Gasteiger partial charge is 0.467 e. The van der Waals surface area contributed by atoms with Gasteiger partial charge in [-0.15, -0.1) is 5.10 Å². The van der Waals surface area contributed by atoms with Crippen LogP contribution in [0.4, 0.5) is 5.69 Å². The molecule has 1 aromatic carbocycles. The molecule has 2 aromatic heterocycles. The van der Waals surface area contributed by atoms with Crippen molar-refractivity contribution in [2.75, 3.05) is 31.1 Å². The van der Waals surface area contributed by atoms with Gasteiger partial charge in [0.15, 0.2) is 6.04 Å². The van der Waals surface area contributed by atoms with Crippen molar-refractivity contribution in [3.8, 4) is 0 Å². The number of benzene rings is 1. The van der Waals surface area contributed by atoms with Crippen molar-refractivity contribution >= 4 is 17.3 Å². The van der Waals surface area contributed by atoms with Gasteiger partial charge in [0, 0.05) is 16.6 Å². The average molecular weight is 402 g/mol. The number of furan rings is 1. The fraction of sp³-hybridized carbons (Fsp3) is 0.450. The first-order chi connectivity index (χ1) is 13.6. The SMILES string of the molecule is CC(C)[C@@H](c1nnnn1Cc1ccco1)[NH+]1CCN(c2cccc(Cl)c2)CC1. The number of rotatable bonds is 6. The van der Waals surface area contributed by atoms with Crippen LogP contribution in [0.2, 0.25) is 5.02 Å². The van der Waals surface area contributed by atoms with Crippen LogP contribution in [-0.2, 0) is 6.54 Å². The van der Waals surface area contributed by atoms with Gasteiger partial charge < -0.3 is 14.2 Å². The lowest BCUT2D eigenvalue weighted by atomic mass is 10.0. The van der Waals surface area contributed by atoms with E-state index in [9.17, 15) is 0 Å². The van der Waals surface area contributed by atoms with Crippen LogP contribution in [0, 0.1) is 5.92 Å². The summed E-state index contributed by atoms with van der Waals surface area (Å²) in [5.74, 6) is 2.21. The second-order valence-electron chi connectivity index (χ2n) is 7.62. The Labute approximate surface area is 169 Å². The Hall–Kier alpha value is -2.38. The molecule has 1 atom stereocenters. The van der Waals surface area contributed by atoms with E-state index in [4.69, 9.17) is 16.0 Å². The van der Waals surface area contributed by atoms with Gasteiger partial charge in [0.2, 0.25) is 5.82 Å². The minimum Gasteiger partial charge on any atom is -0.467 e. The molecular weight excluding hydrogens is 376 g/mol. The Morgan fingerprint density at radius 2 is 2.00 bits per heavy atom. The highest BCUT2D eigenvalue weighted by Crippen LogP contribution is 2.21. The molecule has 1 aliphatic rings. The van der Waals surface area contributed by atoms with Crippen LogP contribution in [0.25, 0.3) is 0 Å². The first kappa shape index (κ1) is 19.0. The second-order valence-corrected chi connectivity index (χ2v) is 8.06. The first-order valence-corrected chi connectivity index (χ1v) is 10.1. The zero-order valence-electron chi connectivity index (χ0n) is 16.3. The molecule has 3 heterocycles. The van der Waals surface area contributed by atoms with Gasteiger partial charge in [0.1, 0.15) is 12.3 Å². The number of aromatic nitrogens is 4. The molecule has 0 spiro atoms. The molecule has 4 rings (SSSR count). The lowest BCUT2D eigenvalue weighted by molar-refractivity contribution is -0.937. The van der Waals surface area contributed by atoms with E-state index in [0.29, 0.717) is 12.5 Å². The Bertz CT molecular complexity index is 886. The van der Waals surface area contributed by atoms with Crippen molar-refractivity contribution in [3.63, 3.8) is 0 Å². The van der Waals surface area contributed by atoms with Gasteiger partial charge in [0.25, 0.3) is 0 Å². The van der Waals surface area contributed by atoms with Crippen LogP contribution in [-0.4, -0.2) is 46.4 Å². The molecule has 0 bridgehead atoms. The van der Waals surface area contributed by atoms with Crippen molar-refractivity contribution in [2.24, 2.45) is 5.92 Å². The number of hydrogen-bond donors (Lipinski definition) is 1. The fourth-order valence-electron chi connectivity index (χ4n) is 4.09. The van der Waals surface area contributed by atoms with Crippen molar-refractivity contribution in [1.82, 2.24) is 20.2 Å². The summed E-state index contributed by atoms with van der Waals surface area (Å²) in [7, 11) is 0. The minimum atomic E-state index is 0.242. The normalized spacial score (nSPS) is 16.6. The summed E-state index contributed by atoms with van der Waals surface area (Å²) in [6.45, 7) is 9.07. The summed E-state index contributed by atoms with van der Waals surface area (Å²) in [6, 6.07) is 12.2. The first-order valence-electron chi connectivity index (χ1n) is 9.75. The molecule has 1 fully saturated rings. The Morgan fingerprint density at radius 3 is 2.68 bits per heavy atom. The predicted molar refractivity (Wildman–Crippen MR) is 108 cm³/mol. The van der Waals surface area contributed by atoms with E-state index >= 15 is 0 Å². The summed E-state index contributed by atoms with van der Waals surface area (Å²) < 4.78 is 7.35. The van der Waals surface area contributed by atoms with Gasteiger partial charge in [-0.05, 0) is 40.8 Å². The van der Waals surface area contributed by atoms with Crippen LogP contribution in [0.5, 0.6) is 0 Å². The Balaban J connectivity index is 1.49. The summed E-state index contributed by atoms with van der Waals surface area (Å²) in [5, 5.41) is 13.3. The third-order valence-electron chi connectivity index (χ3n) is 5.41. The molecule has 0 radical (unpaired) electrons. The van der Waals surface area contributed by atoms with Gasteiger partial charge in [0.05, 0.1) is 32.4 Å². The third kappa shape index (κ3) is 4.05. The number of hydrogen-bond acceptors (Lipinski definition) is 5. The van der Waals surface area contributed by atoms with Gasteiger partial charge in [-0.25, -0.2) is 4.68 Å². The van der Waals surface area contributed by atoms with Crippen LogP contribution >= 0.6 is 11.6 Å². The van der Waals surface area contributed by atoms with Crippen molar-refractivity contribution in [3.05, 3.63) is 59.3 Å². The van der Waals surface area contributed by atoms with Crippen LogP contribution in [0.15, 0.2) is 47.1 Å². The molecule has 8 heteroatoms. The summed E-state index contributed by atoms with van der Waals surface area (Å²) in [6.07, 6.45) is 1.68. The average Bonchev–Trinajstić information content (AvgIpc) is 3.35. The van der Waals surface area contributed by atoms with E-state index in [-0.39, 0.29) is 6.04 Å². The van der Waals surface area contributed by atoms with Crippen molar-refractivity contribution in [2.45, 2.75) is 26.4 Å².